The van der Waals surface area contributed by atoms with Crippen molar-refractivity contribution in [2.45, 2.75) is 17.9 Å². The van der Waals surface area contributed by atoms with E-state index >= 15 is 0 Å². The second kappa shape index (κ2) is 5.83. The van der Waals surface area contributed by atoms with Crippen molar-refractivity contribution in [1.82, 2.24) is 0 Å². The van der Waals surface area contributed by atoms with Crippen LogP contribution in [0.5, 0.6) is 11.5 Å². The van der Waals surface area contributed by atoms with Crippen LogP contribution in [0.25, 0.3) is 0 Å². The Morgan fingerprint density at radius 2 is 1.86 bits per heavy atom. The van der Waals surface area contributed by atoms with Crippen LogP contribution in [0.2, 0.25) is 0 Å². The Morgan fingerprint density at radius 1 is 1.19 bits per heavy atom. The minimum absolute atomic E-state index is 0.0786. The molecule has 0 aromatic heterocycles. The summed E-state index contributed by atoms with van der Waals surface area (Å²) in [7, 11) is -3.38. The van der Waals surface area contributed by atoms with Crippen LogP contribution in [0, 0.1) is 5.82 Å². The van der Waals surface area contributed by atoms with E-state index in [1.54, 1.807) is 6.07 Å². The summed E-state index contributed by atoms with van der Waals surface area (Å²) < 4.78 is 42.3. The summed E-state index contributed by atoms with van der Waals surface area (Å²) in [6.07, 6.45) is 0.171. The molecule has 0 bridgehead atoms. The van der Waals surface area contributed by atoms with Gasteiger partial charge in [0.05, 0.1) is 11.0 Å². The van der Waals surface area contributed by atoms with Crippen molar-refractivity contribution >= 4 is 9.84 Å². The number of rotatable bonds is 4. The first-order chi connectivity index (χ1) is 9.79. The molecule has 2 rings (SSSR count). The molecule has 6 heteroatoms. The second-order valence-electron chi connectivity index (χ2n) is 4.68. The number of benzene rings is 2. The molecule has 0 saturated heterocycles. The lowest BCUT2D eigenvalue weighted by Crippen LogP contribution is -2.00. The third-order valence-corrected chi connectivity index (χ3v) is 4.01. The molecule has 4 nitrogen and oxygen atoms in total. The summed E-state index contributed by atoms with van der Waals surface area (Å²) in [5.74, 6) is -0.554. The fourth-order valence-electron chi connectivity index (χ4n) is 1.85. The molecule has 2 aromatic rings. The highest BCUT2D eigenvalue weighted by atomic mass is 32.2. The van der Waals surface area contributed by atoms with E-state index in [2.05, 4.69) is 0 Å². The third-order valence-electron chi connectivity index (χ3n) is 2.90. The van der Waals surface area contributed by atoms with Gasteiger partial charge in [0.1, 0.15) is 5.75 Å². The molecule has 21 heavy (non-hydrogen) atoms. The predicted molar refractivity (Wildman–Crippen MR) is 76.7 cm³/mol. The molecule has 112 valence electrons. The molecule has 0 radical (unpaired) electrons. The summed E-state index contributed by atoms with van der Waals surface area (Å²) in [5.41, 5.74) is 0.291. The number of aliphatic hydroxyl groups excluding tert-OH is 1. The van der Waals surface area contributed by atoms with Gasteiger partial charge in [0.15, 0.2) is 21.4 Å². The lowest BCUT2D eigenvalue weighted by Gasteiger charge is -2.14. The maximum Gasteiger partial charge on any atom is 0.175 e. The molecule has 0 aliphatic rings. The van der Waals surface area contributed by atoms with E-state index in [1.165, 1.54) is 43.3 Å². The standard InChI is InChI=1S/C15H15FO4S/c1-10(17)13-7-4-8-14(16)15(13)20-11-5-3-6-12(9-11)21(2,18)19/h3-10,17H,1-2H3. The quantitative estimate of drug-likeness (QED) is 0.942. The number of aliphatic hydroxyl groups is 1. The SMILES string of the molecule is CC(O)c1cccc(F)c1Oc1cccc(S(C)(=O)=O)c1. The zero-order chi connectivity index (χ0) is 15.6. The van der Waals surface area contributed by atoms with Crippen LogP contribution < -0.4 is 4.74 Å². The molecule has 2 aromatic carbocycles. The highest BCUT2D eigenvalue weighted by Gasteiger charge is 2.16. The van der Waals surface area contributed by atoms with Crippen molar-refractivity contribution in [2.24, 2.45) is 0 Å². The van der Waals surface area contributed by atoms with Crippen molar-refractivity contribution in [3.05, 3.63) is 53.8 Å². The van der Waals surface area contributed by atoms with Gasteiger partial charge in [0.2, 0.25) is 0 Å². The number of hydrogen-bond donors (Lipinski definition) is 1. The Bertz CT molecular complexity index is 754. The van der Waals surface area contributed by atoms with Crippen molar-refractivity contribution in [3.63, 3.8) is 0 Å². The first-order valence-corrected chi connectivity index (χ1v) is 8.12. The monoisotopic (exact) mass is 310 g/mol. The van der Waals surface area contributed by atoms with Crippen molar-refractivity contribution < 1.29 is 22.7 Å². The lowest BCUT2D eigenvalue weighted by atomic mass is 10.1. The normalized spacial score (nSPS) is 13.0. The number of sulfone groups is 1. The number of halogens is 1. The van der Waals surface area contributed by atoms with Gasteiger partial charge in [-0.15, -0.1) is 0 Å². The van der Waals surface area contributed by atoms with Gasteiger partial charge >= 0.3 is 0 Å². The molecule has 0 amide bonds. The van der Waals surface area contributed by atoms with E-state index in [-0.39, 0.29) is 16.4 Å². The average Bonchev–Trinajstić information content (AvgIpc) is 2.40. The van der Waals surface area contributed by atoms with E-state index in [9.17, 15) is 17.9 Å². The minimum Gasteiger partial charge on any atom is -0.454 e. The van der Waals surface area contributed by atoms with Crippen LogP contribution >= 0.6 is 0 Å². The van der Waals surface area contributed by atoms with Crippen molar-refractivity contribution in [2.75, 3.05) is 6.26 Å². The van der Waals surface area contributed by atoms with Crippen LogP contribution in [-0.4, -0.2) is 19.8 Å². The molecule has 0 aliphatic carbocycles. The summed E-state index contributed by atoms with van der Waals surface area (Å²) in [6.45, 7) is 1.49. The van der Waals surface area contributed by atoms with Gasteiger partial charge in [-0.1, -0.05) is 18.2 Å². The first-order valence-electron chi connectivity index (χ1n) is 6.23. The fraction of sp³-hybridized carbons (Fsp3) is 0.200. The van der Waals surface area contributed by atoms with Gasteiger partial charge in [-0.05, 0) is 31.2 Å². The Morgan fingerprint density at radius 3 is 2.48 bits per heavy atom. The molecule has 0 fully saturated rings. The molecule has 0 saturated carbocycles. The highest BCUT2D eigenvalue weighted by Crippen LogP contribution is 2.32. The molecule has 1 N–H and O–H groups in total. The highest BCUT2D eigenvalue weighted by molar-refractivity contribution is 7.90. The Labute approximate surface area is 122 Å². The van der Waals surface area contributed by atoms with Gasteiger partial charge < -0.3 is 9.84 Å². The smallest absolute Gasteiger partial charge is 0.175 e. The van der Waals surface area contributed by atoms with Crippen LogP contribution in [-0.2, 0) is 9.84 Å². The minimum atomic E-state index is -3.38. The Kier molecular flexibility index (Phi) is 4.29. The zero-order valence-electron chi connectivity index (χ0n) is 11.6. The van der Waals surface area contributed by atoms with Gasteiger partial charge in [-0.2, -0.15) is 0 Å². The van der Waals surface area contributed by atoms with E-state index in [0.29, 0.717) is 5.56 Å². The van der Waals surface area contributed by atoms with Crippen LogP contribution in [0.3, 0.4) is 0 Å². The third kappa shape index (κ3) is 3.59. The molecule has 0 spiro atoms. The first kappa shape index (κ1) is 15.5. The Balaban J connectivity index is 2.44. The summed E-state index contributed by atoms with van der Waals surface area (Å²) in [4.78, 5) is 0.0786. The van der Waals surface area contributed by atoms with E-state index in [1.807, 2.05) is 0 Å². The van der Waals surface area contributed by atoms with E-state index < -0.39 is 21.8 Å². The van der Waals surface area contributed by atoms with Crippen molar-refractivity contribution in [3.8, 4) is 11.5 Å². The van der Waals surface area contributed by atoms with E-state index in [4.69, 9.17) is 4.74 Å². The number of ether oxygens (including phenoxy) is 1. The maximum atomic E-state index is 13.9. The van der Waals surface area contributed by atoms with Gasteiger partial charge in [0.25, 0.3) is 0 Å². The molecular weight excluding hydrogens is 295 g/mol. The van der Waals surface area contributed by atoms with Gasteiger partial charge in [0, 0.05) is 11.8 Å². The van der Waals surface area contributed by atoms with Crippen molar-refractivity contribution in [1.29, 1.82) is 0 Å². The number of para-hydroxylation sites is 1. The average molecular weight is 310 g/mol. The van der Waals surface area contributed by atoms with Gasteiger partial charge in [-0.3, -0.25) is 0 Å². The number of hydrogen-bond acceptors (Lipinski definition) is 4. The fourth-order valence-corrected chi connectivity index (χ4v) is 2.50. The Hall–Kier alpha value is -1.92. The largest absolute Gasteiger partial charge is 0.454 e. The van der Waals surface area contributed by atoms with E-state index in [0.717, 1.165) is 6.26 Å². The topological polar surface area (TPSA) is 63.6 Å². The lowest BCUT2D eigenvalue weighted by molar-refractivity contribution is 0.194. The molecular formula is C15H15FO4S. The summed E-state index contributed by atoms with van der Waals surface area (Å²) in [6, 6.07) is 10.00. The van der Waals surface area contributed by atoms with Gasteiger partial charge in [-0.25, -0.2) is 12.8 Å². The molecule has 0 heterocycles. The van der Waals surface area contributed by atoms with Crippen LogP contribution in [0.1, 0.15) is 18.6 Å². The summed E-state index contributed by atoms with van der Waals surface area (Å²) >= 11 is 0. The van der Waals surface area contributed by atoms with Crippen LogP contribution in [0.15, 0.2) is 47.4 Å². The predicted octanol–water partition coefficient (Wildman–Crippen LogP) is 3.07. The summed E-state index contributed by atoms with van der Waals surface area (Å²) in [5, 5.41) is 9.65. The molecule has 1 atom stereocenters. The maximum absolute atomic E-state index is 13.9. The zero-order valence-corrected chi connectivity index (χ0v) is 12.4. The molecule has 1 unspecified atom stereocenters. The second-order valence-corrected chi connectivity index (χ2v) is 6.70. The van der Waals surface area contributed by atoms with Crippen LogP contribution in [0.4, 0.5) is 4.39 Å². The molecule has 0 aliphatic heterocycles.